The van der Waals surface area contributed by atoms with E-state index >= 15 is 0 Å². The van der Waals surface area contributed by atoms with Gasteiger partial charge in [-0.25, -0.2) is 9.36 Å². The number of carbonyl (C=O) groups excluding carboxylic acids is 1. The molecule has 0 fully saturated rings. The van der Waals surface area contributed by atoms with E-state index in [1.165, 1.54) is 16.9 Å². The monoisotopic (exact) mass is 310 g/mol. The Hall–Kier alpha value is -3.29. The first-order valence-corrected chi connectivity index (χ1v) is 6.96. The van der Waals surface area contributed by atoms with Crippen molar-refractivity contribution in [1.29, 1.82) is 0 Å². The zero-order valence-electron chi connectivity index (χ0n) is 12.3. The van der Waals surface area contributed by atoms with Crippen LogP contribution in [-0.2, 0) is 4.79 Å². The molecule has 0 saturated carbocycles. The van der Waals surface area contributed by atoms with E-state index in [2.05, 4.69) is 20.5 Å². The van der Waals surface area contributed by atoms with Crippen molar-refractivity contribution in [3.05, 3.63) is 65.5 Å². The molecule has 1 N–H and O–H groups in total. The van der Waals surface area contributed by atoms with Gasteiger partial charge in [0.25, 0.3) is 5.56 Å². The van der Waals surface area contributed by atoms with Gasteiger partial charge < -0.3 is 5.32 Å². The van der Waals surface area contributed by atoms with E-state index in [9.17, 15) is 9.59 Å². The van der Waals surface area contributed by atoms with Crippen molar-refractivity contribution in [1.82, 2.24) is 24.5 Å². The number of aromatic nitrogens is 5. The van der Waals surface area contributed by atoms with Gasteiger partial charge in [0, 0.05) is 24.7 Å². The van der Waals surface area contributed by atoms with Gasteiger partial charge in [-0.3, -0.25) is 14.6 Å². The number of carbonyl (C=O) groups is 1. The zero-order valence-corrected chi connectivity index (χ0v) is 12.3. The Morgan fingerprint density at radius 1 is 1.22 bits per heavy atom. The number of anilines is 1. The molecule has 0 aromatic carbocycles. The molecule has 116 valence electrons. The minimum atomic E-state index is -0.779. The van der Waals surface area contributed by atoms with Crippen LogP contribution in [0.1, 0.15) is 13.0 Å². The highest BCUT2D eigenvalue weighted by Gasteiger charge is 2.18. The molecule has 0 radical (unpaired) electrons. The third-order valence-electron chi connectivity index (χ3n) is 3.23. The number of amides is 1. The molecule has 8 heteroatoms. The predicted molar refractivity (Wildman–Crippen MR) is 83.2 cm³/mol. The zero-order chi connectivity index (χ0) is 16.2. The smallest absolute Gasteiger partial charge is 0.267 e. The van der Waals surface area contributed by atoms with Crippen LogP contribution in [0.25, 0.3) is 5.82 Å². The van der Waals surface area contributed by atoms with Crippen molar-refractivity contribution in [3.63, 3.8) is 0 Å². The Morgan fingerprint density at radius 3 is 2.78 bits per heavy atom. The Kier molecular flexibility index (Phi) is 3.96. The highest BCUT2D eigenvalue weighted by atomic mass is 16.2. The summed E-state index contributed by atoms with van der Waals surface area (Å²) in [6.45, 7) is 1.60. The largest absolute Gasteiger partial charge is 0.323 e. The van der Waals surface area contributed by atoms with Gasteiger partial charge in [0.15, 0.2) is 5.82 Å². The summed E-state index contributed by atoms with van der Waals surface area (Å²) >= 11 is 0. The summed E-state index contributed by atoms with van der Waals surface area (Å²) in [5.41, 5.74) is 0.190. The average molecular weight is 310 g/mol. The van der Waals surface area contributed by atoms with E-state index in [0.717, 1.165) is 4.68 Å². The molecule has 0 saturated heterocycles. The molecule has 3 aromatic rings. The second kappa shape index (κ2) is 6.22. The fraction of sp³-hybridized carbons (Fsp3) is 0.133. The number of nitrogens with one attached hydrogen (secondary N) is 1. The molecule has 3 heterocycles. The van der Waals surface area contributed by atoms with Crippen LogP contribution in [0, 0.1) is 0 Å². The van der Waals surface area contributed by atoms with Crippen molar-refractivity contribution in [2.45, 2.75) is 13.0 Å². The van der Waals surface area contributed by atoms with Crippen LogP contribution < -0.4 is 10.9 Å². The normalized spacial score (nSPS) is 11.9. The number of rotatable bonds is 4. The molecule has 0 aliphatic carbocycles. The molecule has 0 spiro atoms. The molecule has 8 nitrogen and oxygen atoms in total. The molecule has 3 aromatic heterocycles. The van der Waals surface area contributed by atoms with Crippen LogP contribution in [0.4, 0.5) is 5.69 Å². The Morgan fingerprint density at radius 2 is 2.09 bits per heavy atom. The highest BCUT2D eigenvalue weighted by Crippen LogP contribution is 2.09. The standard InChI is InChI=1S/C15H14N6O2/c1-11(15(23)18-12-4-2-7-16-10-12)21-14(22)6-5-13(19-21)20-9-3-8-17-20/h2-11H,1H3,(H,18,23). The minimum Gasteiger partial charge on any atom is -0.323 e. The van der Waals surface area contributed by atoms with Crippen LogP contribution >= 0.6 is 0 Å². The minimum absolute atomic E-state index is 0.356. The van der Waals surface area contributed by atoms with E-state index in [1.807, 2.05) is 0 Å². The topological polar surface area (TPSA) is 94.7 Å². The second-order valence-corrected chi connectivity index (χ2v) is 4.83. The fourth-order valence-electron chi connectivity index (χ4n) is 2.01. The number of pyridine rings is 1. The van der Waals surface area contributed by atoms with Crippen molar-refractivity contribution in [2.75, 3.05) is 5.32 Å². The summed E-state index contributed by atoms with van der Waals surface area (Å²) < 4.78 is 2.64. The van der Waals surface area contributed by atoms with Gasteiger partial charge in [-0.1, -0.05) is 0 Å². The Bertz CT molecular complexity index is 857. The SMILES string of the molecule is CC(C(=O)Nc1cccnc1)n1nc(-n2cccn2)ccc1=O. The van der Waals surface area contributed by atoms with E-state index in [4.69, 9.17) is 0 Å². The third-order valence-corrected chi connectivity index (χ3v) is 3.23. The lowest BCUT2D eigenvalue weighted by Crippen LogP contribution is -2.33. The van der Waals surface area contributed by atoms with Crippen LogP contribution in [0.2, 0.25) is 0 Å². The first-order chi connectivity index (χ1) is 11.1. The quantitative estimate of drug-likeness (QED) is 0.776. The van der Waals surface area contributed by atoms with Gasteiger partial charge in [0.2, 0.25) is 5.91 Å². The molecule has 0 bridgehead atoms. The second-order valence-electron chi connectivity index (χ2n) is 4.83. The molecule has 3 rings (SSSR count). The van der Waals surface area contributed by atoms with Crippen molar-refractivity contribution in [3.8, 4) is 5.82 Å². The van der Waals surface area contributed by atoms with Gasteiger partial charge in [-0.2, -0.15) is 5.10 Å². The number of hydrogen-bond donors (Lipinski definition) is 1. The molecule has 1 amide bonds. The summed E-state index contributed by atoms with van der Waals surface area (Å²) in [6.07, 6.45) is 6.45. The lowest BCUT2D eigenvalue weighted by molar-refractivity contribution is -0.119. The lowest BCUT2D eigenvalue weighted by Gasteiger charge is -2.14. The molecule has 23 heavy (non-hydrogen) atoms. The predicted octanol–water partition coefficient (Wildman–Crippen LogP) is 1.02. The van der Waals surface area contributed by atoms with Crippen molar-refractivity contribution >= 4 is 11.6 Å². The molecule has 0 aliphatic heterocycles. The first-order valence-electron chi connectivity index (χ1n) is 6.96. The van der Waals surface area contributed by atoms with Crippen LogP contribution in [0.15, 0.2) is 59.9 Å². The number of nitrogens with zero attached hydrogens (tertiary/aromatic N) is 5. The maximum absolute atomic E-state index is 12.3. The maximum Gasteiger partial charge on any atom is 0.267 e. The Balaban J connectivity index is 1.87. The molecule has 1 atom stereocenters. The van der Waals surface area contributed by atoms with Gasteiger partial charge in [-0.15, -0.1) is 5.10 Å². The maximum atomic E-state index is 12.3. The van der Waals surface area contributed by atoms with Crippen LogP contribution in [0.5, 0.6) is 0 Å². The van der Waals surface area contributed by atoms with Crippen LogP contribution in [-0.4, -0.2) is 30.5 Å². The molecular formula is C15H14N6O2. The summed E-state index contributed by atoms with van der Waals surface area (Å²) in [5, 5.41) is 11.0. The van der Waals surface area contributed by atoms with E-state index in [1.54, 1.807) is 49.8 Å². The summed E-state index contributed by atoms with van der Waals surface area (Å²) in [4.78, 5) is 28.2. The van der Waals surface area contributed by atoms with Gasteiger partial charge in [-0.05, 0) is 31.2 Å². The first kappa shape index (κ1) is 14.6. The van der Waals surface area contributed by atoms with Gasteiger partial charge >= 0.3 is 0 Å². The molecular weight excluding hydrogens is 296 g/mol. The van der Waals surface area contributed by atoms with E-state index in [-0.39, 0.29) is 11.5 Å². The summed E-state index contributed by atoms with van der Waals surface area (Å²) in [5.74, 6) is 0.0980. The highest BCUT2D eigenvalue weighted by molar-refractivity contribution is 5.93. The van der Waals surface area contributed by atoms with Gasteiger partial charge in [0.1, 0.15) is 6.04 Å². The fourth-order valence-corrected chi connectivity index (χ4v) is 2.01. The Labute approximate surface area is 131 Å². The van der Waals surface area contributed by atoms with Crippen LogP contribution in [0.3, 0.4) is 0 Å². The molecule has 1 unspecified atom stereocenters. The average Bonchev–Trinajstić information content (AvgIpc) is 3.10. The summed E-state index contributed by atoms with van der Waals surface area (Å²) in [7, 11) is 0. The molecule has 0 aliphatic rings. The lowest BCUT2D eigenvalue weighted by atomic mass is 10.3. The van der Waals surface area contributed by atoms with Gasteiger partial charge in [0.05, 0.1) is 11.9 Å². The van der Waals surface area contributed by atoms with Crippen molar-refractivity contribution in [2.24, 2.45) is 0 Å². The van der Waals surface area contributed by atoms with E-state index < -0.39 is 6.04 Å². The summed E-state index contributed by atoms with van der Waals surface area (Å²) in [6, 6.07) is 7.31. The number of hydrogen-bond acceptors (Lipinski definition) is 5. The van der Waals surface area contributed by atoms with Crippen molar-refractivity contribution < 1.29 is 4.79 Å². The van der Waals surface area contributed by atoms with E-state index in [0.29, 0.717) is 11.5 Å². The third kappa shape index (κ3) is 3.15.